The largest absolute Gasteiger partial charge is 0.451 e. The second-order valence-electron chi connectivity index (χ2n) is 9.52. The second kappa shape index (κ2) is 14.2. The number of urea groups is 1. The molecule has 1 heterocycles. The molecule has 0 saturated carbocycles. The highest BCUT2D eigenvalue weighted by Crippen LogP contribution is 2.38. The molecule has 0 fully saturated rings. The van der Waals surface area contributed by atoms with Gasteiger partial charge in [-0.1, -0.05) is 34.6 Å². The first-order valence-electron chi connectivity index (χ1n) is 12.2. The number of nitrogens with two attached hydrogens (primary N) is 1. The Balaban J connectivity index is 0.00000301. The number of alkyl halides is 3. The number of hydrogen-bond acceptors (Lipinski definition) is 9. The summed E-state index contributed by atoms with van der Waals surface area (Å²) >= 11 is 1.05. The quantitative estimate of drug-likeness (QED) is 0.126. The van der Waals surface area contributed by atoms with Gasteiger partial charge in [0.2, 0.25) is 5.76 Å². The van der Waals surface area contributed by atoms with Crippen LogP contribution in [0.1, 0.15) is 44.4 Å². The molecule has 3 rings (SSSR count). The third-order valence-electron chi connectivity index (χ3n) is 5.31. The molecule has 0 spiro atoms. The lowest BCUT2D eigenvalue weighted by molar-refractivity contribution is -0.130. The Labute approximate surface area is 244 Å². The normalized spacial score (nSPS) is 14.1. The average Bonchev–Trinajstić information content (AvgIpc) is 3.03. The van der Waals surface area contributed by atoms with Crippen LogP contribution in [-0.4, -0.2) is 58.9 Å². The highest BCUT2D eigenvalue weighted by atomic mass is 32.2. The predicted molar refractivity (Wildman–Crippen MR) is 151 cm³/mol. The van der Waals surface area contributed by atoms with Gasteiger partial charge in [-0.2, -0.15) is 13.2 Å². The summed E-state index contributed by atoms with van der Waals surface area (Å²) in [6.45, 7) is 9.11. The molecule has 42 heavy (non-hydrogen) atoms. The van der Waals surface area contributed by atoms with Gasteiger partial charge in [-0.15, -0.1) is 11.8 Å². The van der Waals surface area contributed by atoms with E-state index in [9.17, 15) is 27.2 Å². The molecule has 0 aliphatic carbocycles. The topological polar surface area (TPSA) is 130 Å². The molecule has 3 N–H and O–H groups in total. The fourth-order valence-electron chi connectivity index (χ4n) is 3.35. The van der Waals surface area contributed by atoms with Crippen molar-refractivity contribution >= 4 is 41.5 Å². The van der Waals surface area contributed by atoms with Gasteiger partial charge in [-0.05, 0) is 64.6 Å². The minimum absolute atomic E-state index is 0.0785. The smallest absolute Gasteiger partial charge is 0.443 e. The average molecular weight is 614 g/mol. The number of amides is 3. The molecule has 0 radical (unpaired) electrons. The van der Waals surface area contributed by atoms with Crippen LogP contribution in [0.4, 0.5) is 32.8 Å². The van der Waals surface area contributed by atoms with Gasteiger partial charge >= 0.3 is 18.3 Å². The van der Waals surface area contributed by atoms with Crippen LogP contribution < -0.4 is 10.6 Å². The zero-order valence-corrected chi connectivity index (χ0v) is 24.3. The Bertz CT molecular complexity index is 1360. The molecule has 0 saturated heterocycles. The number of fused-ring (bicyclic) bond motifs is 1. The second-order valence-corrected chi connectivity index (χ2v) is 10.5. The van der Waals surface area contributed by atoms with Gasteiger partial charge in [0.25, 0.3) is 0 Å². The van der Waals surface area contributed by atoms with Gasteiger partial charge in [0.1, 0.15) is 11.4 Å². The number of carbonyl (C=O) groups excluding carboxylic acids is 2. The van der Waals surface area contributed by atoms with Crippen LogP contribution in [0.25, 0.3) is 0 Å². The van der Waals surface area contributed by atoms with Crippen LogP contribution in [0.15, 0.2) is 63.9 Å². The molecule has 228 valence electrons. The van der Waals surface area contributed by atoms with Gasteiger partial charge in [0, 0.05) is 10.5 Å². The number of imide groups is 1. The molecule has 10 nitrogen and oxygen atoms in total. The van der Waals surface area contributed by atoms with E-state index in [2.05, 4.69) is 27.5 Å². The Morgan fingerprint density at radius 2 is 1.81 bits per heavy atom. The molecular weight excluding hydrogens is 582 g/mol. The first kappa shape index (κ1) is 34.1. The van der Waals surface area contributed by atoms with Crippen LogP contribution in [0, 0.1) is 5.82 Å². The SMILES string of the molecule is C=C(O/N=C(\C)c1ccc(CN2C(=O)N(C(=O)OC(C)(C)C)CSc3cc(F)c(/C=N/O)cc32)cc1)C(F)(F)F.CN. The summed E-state index contributed by atoms with van der Waals surface area (Å²) in [6.07, 6.45) is -4.75. The summed E-state index contributed by atoms with van der Waals surface area (Å²) in [7, 11) is 1.50. The van der Waals surface area contributed by atoms with Crippen molar-refractivity contribution in [2.45, 2.75) is 50.9 Å². The van der Waals surface area contributed by atoms with Gasteiger partial charge < -0.3 is 20.5 Å². The maximum absolute atomic E-state index is 14.6. The van der Waals surface area contributed by atoms with Crippen LogP contribution in [0.5, 0.6) is 0 Å². The summed E-state index contributed by atoms with van der Waals surface area (Å²) < 4.78 is 57.8. The van der Waals surface area contributed by atoms with E-state index in [4.69, 9.17) is 9.94 Å². The number of ether oxygens (including phenoxy) is 1. The number of hydrogen-bond donors (Lipinski definition) is 2. The maximum atomic E-state index is 14.6. The Morgan fingerprint density at radius 1 is 1.19 bits per heavy atom. The molecule has 0 unspecified atom stereocenters. The van der Waals surface area contributed by atoms with Crippen LogP contribution in [0.2, 0.25) is 0 Å². The fourth-order valence-corrected chi connectivity index (χ4v) is 4.34. The van der Waals surface area contributed by atoms with E-state index in [0.29, 0.717) is 16.0 Å². The van der Waals surface area contributed by atoms with E-state index in [-0.39, 0.29) is 29.4 Å². The first-order valence-corrected chi connectivity index (χ1v) is 13.2. The summed E-state index contributed by atoms with van der Waals surface area (Å²) in [5.41, 5.74) is 4.94. The summed E-state index contributed by atoms with van der Waals surface area (Å²) in [4.78, 5) is 33.3. The minimum atomic E-state index is -4.75. The fraction of sp³-hybridized carbons (Fsp3) is 0.333. The summed E-state index contributed by atoms with van der Waals surface area (Å²) in [5, 5.41) is 15.3. The standard InChI is InChI=1S/C26H26F4N4O5S.CH5N/c1-15(32-39-16(2)26(28,29)30)18-8-6-17(7-9-18)13-33-21-10-19(12-31-37)20(27)11-22(21)40-14-34(23(33)35)24(36)38-25(3,4)5;1-2/h6-12,37H,2,13-14H2,1,3-5H3;2H2,1H3/b31-12+,32-15+;. The van der Waals surface area contributed by atoms with Gasteiger partial charge in [-0.25, -0.2) is 18.9 Å². The van der Waals surface area contributed by atoms with Crippen molar-refractivity contribution in [3.63, 3.8) is 0 Å². The summed E-state index contributed by atoms with van der Waals surface area (Å²) in [5.74, 6) is -2.31. The maximum Gasteiger partial charge on any atom is 0.451 e. The first-order chi connectivity index (χ1) is 19.6. The molecule has 15 heteroatoms. The zero-order chi connectivity index (χ0) is 31.8. The van der Waals surface area contributed by atoms with E-state index in [1.807, 2.05) is 0 Å². The Morgan fingerprint density at radius 3 is 2.36 bits per heavy atom. The molecule has 2 aromatic rings. The summed E-state index contributed by atoms with van der Waals surface area (Å²) in [6, 6.07) is 8.10. The highest BCUT2D eigenvalue weighted by molar-refractivity contribution is 7.99. The zero-order valence-electron chi connectivity index (χ0n) is 23.5. The van der Waals surface area contributed by atoms with Crippen molar-refractivity contribution in [2.24, 2.45) is 16.0 Å². The number of benzene rings is 2. The monoisotopic (exact) mass is 613 g/mol. The number of nitrogens with zero attached hydrogens (tertiary/aromatic N) is 4. The number of oxime groups is 2. The number of thioether (sulfide) groups is 1. The molecule has 0 aromatic heterocycles. The van der Waals surface area contributed by atoms with Gasteiger partial charge in [-0.3, -0.25) is 4.90 Å². The molecule has 0 bridgehead atoms. The van der Waals surface area contributed by atoms with Crippen LogP contribution in [0.3, 0.4) is 0 Å². The third kappa shape index (κ3) is 8.94. The molecule has 1 aliphatic heterocycles. The van der Waals surface area contributed by atoms with Crippen molar-refractivity contribution in [3.8, 4) is 0 Å². The van der Waals surface area contributed by atoms with Crippen molar-refractivity contribution < 1.29 is 41.9 Å². The number of anilines is 1. The molecule has 3 amide bonds. The van der Waals surface area contributed by atoms with Gasteiger partial charge in [0.05, 0.1) is 30.0 Å². The molecular formula is C27H31F4N5O5S. The van der Waals surface area contributed by atoms with E-state index < -0.39 is 35.5 Å². The minimum Gasteiger partial charge on any atom is -0.443 e. The highest BCUT2D eigenvalue weighted by Gasteiger charge is 2.36. The van der Waals surface area contributed by atoms with Crippen molar-refractivity contribution in [2.75, 3.05) is 17.8 Å². The Hall–Kier alpha value is -4.11. The van der Waals surface area contributed by atoms with E-state index in [1.54, 1.807) is 45.0 Å². The lowest BCUT2D eigenvalue weighted by Gasteiger charge is -2.29. The lowest BCUT2D eigenvalue weighted by atomic mass is 10.1. The molecule has 0 atom stereocenters. The number of allylic oxidation sites excluding steroid dienone is 1. The van der Waals surface area contributed by atoms with Gasteiger partial charge in [0.15, 0.2) is 0 Å². The predicted octanol–water partition coefficient (Wildman–Crippen LogP) is 6.45. The molecule has 1 aliphatic rings. The van der Waals surface area contributed by atoms with Crippen molar-refractivity contribution in [3.05, 3.63) is 71.2 Å². The van der Waals surface area contributed by atoms with Crippen LogP contribution in [-0.2, 0) is 16.1 Å². The van der Waals surface area contributed by atoms with E-state index >= 15 is 0 Å². The third-order valence-corrected chi connectivity index (χ3v) is 6.34. The van der Waals surface area contributed by atoms with Crippen molar-refractivity contribution in [1.82, 2.24) is 4.90 Å². The lowest BCUT2D eigenvalue weighted by Crippen LogP contribution is -2.47. The molecule has 2 aromatic carbocycles. The number of carbonyl (C=O) groups is 2. The van der Waals surface area contributed by atoms with Crippen molar-refractivity contribution in [1.29, 1.82) is 0 Å². The Kier molecular flexibility index (Phi) is 11.5. The van der Waals surface area contributed by atoms with E-state index in [0.717, 1.165) is 22.9 Å². The van der Waals surface area contributed by atoms with E-state index in [1.165, 1.54) is 31.0 Å². The van der Waals surface area contributed by atoms with Crippen LogP contribution >= 0.6 is 11.8 Å². The number of rotatable bonds is 6. The number of halogens is 4.